The van der Waals surface area contributed by atoms with E-state index in [4.69, 9.17) is 21.4 Å². The maximum Gasteiger partial charge on any atom is 0.356 e. The Morgan fingerprint density at radius 2 is 2.10 bits per heavy atom. The lowest BCUT2D eigenvalue weighted by atomic mass is 10.3. The van der Waals surface area contributed by atoms with Gasteiger partial charge >= 0.3 is 5.97 Å². The summed E-state index contributed by atoms with van der Waals surface area (Å²) < 4.78 is 5.23. The Kier molecular flexibility index (Phi) is 3.76. The van der Waals surface area contributed by atoms with Gasteiger partial charge in [0.2, 0.25) is 5.88 Å². The van der Waals surface area contributed by atoms with Gasteiger partial charge in [0.05, 0.1) is 28.4 Å². The maximum atomic E-state index is 10.7. The van der Waals surface area contributed by atoms with Crippen LogP contribution in [0.15, 0.2) is 30.6 Å². The molecule has 20 heavy (non-hydrogen) atoms. The zero-order chi connectivity index (χ0) is 14.7. The zero-order valence-electron chi connectivity index (χ0n) is 9.69. The smallest absolute Gasteiger partial charge is 0.356 e. The number of aromatic carboxylic acids is 1. The molecule has 1 aromatic carbocycles. The highest BCUT2D eigenvalue weighted by Crippen LogP contribution is 2.31. The fraction of sp³-hybridized carbons (Fsp3) is 0. The molecule has 0 spiro atoms. The third-order valence-corrected chi connectivity index (χ3v) is 2.50. The molecule has 1 heterocycles. The molecular weight excluding hydrogens is 290 g/mol. The number of carbonyl (C=O) groups is 1. The number of carboxylic acid groups (broad SMARTS) is 1. The molecule has 0 aliphatic carbocycles. The Morgan fingerprint density at radius 3 is 2.65 bits per heavy atom. The van der Waals surface area contributed by atoms with E-state index in [9.17, 15) is 14.9 Å². The largest absolute Gasteiger partial charge is 0.476 e. The van der Waals surface area contributed by atoms with E-state index in [1.165, 1.54) is 12.1 Å². The third-order valence-electron chi connectivity index (χ3n) is 2.19. The number of nitro groups is 1. The van der Waals surface area contributed by atoms with E-state index in [-0.39, 0.29) is 28.0 Å². The number of aromatic nitrogens is 2. The Morgan fingerprint density at radius 1 is 1.35 bits per heavy atom. The Bertz CT molecular complexity index is 674. The molecule has 0 unspecified atom stereocenters. The highest BCUT2D eigenvalue weighted by Gasteiger charge is 2.13. The first-order valence-corrected chi connectivity index (χ1v) is 5.52. The molecule has 8 nitrogen and oxygen atoms in total. The quantitative estimate of drug-likeness (QED) is 0.680. The molecule has 0 fully saturated rings. The van der Waals surface area contributed by atoms with E-state index in [0.717, 1.165) is 18.5 Å². The normalized spacial score (nSPS) is 10.1. The first kappa shape index (κ1) is 13.7. The summed E-state index contributed by atoms with van der Waals surface area (Å²) >= 11 is 5.84. The van der Waals surface area contributed by atoms with Crippen LogP contribution in [-0.4, -0.2) is 26.0 Å². The number of halogens is 1. The van der Waals surface area contributed by atoms with E-state index in [0.29, 0.717) is 0 Å². The highest BCUT2D eigenvalue weighted by atomic mass is 35.5. The van der Waals surface area contributed by atoms with Crippen LogP contribution in [-0.2, 0) is 0 Å². The Labute approximate surface area is 116 Å². The Hall–Kier alpha value is -2.74. The van der Waals surface area contributed by atoms with Crippen molar-refractivity contribution in [1.82, 2.24) is 9.97 Å². The first-order chi connectivity index (χ1) is 9.47. The van der Waals surface area contributed by atoms with Crippen molar-refractivity contribution < 1.29 is 19.6 Å². The molecule has 1 aromatic heterocycles. The van der Waals surface area contributed by atoms with Crippen LogP contribution in [0, 0.1) is 10.1 Å². The third kappa shape index (κ3) is 2.98. The van der Waals surface area contributed by atoms with Crippen molar-refractivity contribution in [2.75, 3.05) is 0 Å². The minimum atomic E-state index is -1.22. The summed E-state index contributed by atoms with van der Waals surface area (Å²) in [5.41, 5.74) is -0.443. The molecule has 0 saturated carbocycles. The van der Waals surface area contributed by atoms with Gasteiger partial charge in [-0.05, 0) is 6.07 Å². The van der Waals surface area contributed by atoms with Crippen molar-refractivity contribution in [3.63, 3.8) is 0 Å². The molecule has 0 atom stereocenters. The topological polar surface area (TPSA) is 115 Å². The highest BCUT2D eigenvalue weighted by molar-refractivity contribution is 6.32. The number of ether oxygens (including phenoxy) is 1. The van der Waals surface area contributed by atoms with Crippen LogP contribution in [0.3, 0.4) is 0 Å². The van der Waals surface area contributed by atoms with Gasteiger partial charge < -0.3 is 9.84 Å². The second kappa shape index (κ2) is 5.49. The van der Waals surface area contributed by atoms with Crippen LogP contribution < -0.4 is 4.74 Å². The SMILES string of the molecule is O=C(O)c1cnc(Oc2cc([N+](=O)[O-])ccc2Cl)cn1. The number of carboxylic acids is 1. The zero-order valence-corrected chi connectivity index (χ0v) is 10.4. The van der Waals surface area contributed by atoms with Crippen LogP contribution in [0.1, 0.15) is 10.5 Å². The van der Waals surface area contributed by atoms with E-state index >= 15 is 0 Å². The number of non-ortho nitro benzene ring substituents is 1. The van der Waals surface area contributed by atoms with Crippen LogP contribution in [0.4, 0.5) is 5.69 Å². The van der Waals surface area contributed by atoms with Gasteiger partial charge in [0.25, 0.3) is 5.69 Å². The van der Waals surface area contributed by atoms with Gasteiger partial charge in [-0.15, -0.1) is 0 Å². The van der Waals surface area contributed by atoms with E-state index in [2.05, 4.69) is 9.97 Å². The first-order valence-electron chi connectivity index (χ1n) is 5.14. The lowest BCUT2D eigenvalue weighted by Gasteiger charge is -2.06. The molecule has 0 bridgehead atoms. The molecule has 9 heteroatoms. The van der Waals surface area contributed by atoms with Gasteiger partial charge in [0.15, 0.2) is 11.4 Å². The Balaban J connectivity index is 2.27. The van der Waals surface area contributed by atoms with Crippen molar-refractivity contribution >= 4 is 23.3 Å². The predicted octanol–water partition coefficient (Wildman–Crippen LogP) is 2.53. The van der Waals surface area contributed by atoms with Crippen LogP contribution >= 0.6 is 11.6 Å². The number of hydrogen-bond acceptors (Lipinski definition) is 6. The maximum absolute atomic E-state index is 10.7. The predicted molar refractivity (Wildman–Crippen MR) is 67.2 cm³/mol. The van der Waals surface area contributed by atoms with Crippen molar-refractivity contribution in [3.05, 3.63) is 51.4 Å². The van der Waals surface area contributed by atoms with Gasteiger partial charge in [-0.2, -0.15) is 0 Å². The molecular formula is C11H6ClN3O5. The second-order valence-electron chi connectivity index (χ2n) is 3.52. The summed E-state index contributed by atoms with van der Waals surface area (Å²) in [5.74, 6) is -1.23. The summed E-state index contributed by atoms with van der Waals surface area (Å²) in [5, 5.41) is 19.5. The average Bonchev–Trinajstić information content (AvgIpc) is 2.41. The van der Waals surface area contributed by atoms with Crippen LogP contribution in [0.2, 0.25) is 5.02 Å². The molecule has 0 saturated heterocycles. The summed E-state index contributed by atoms with van der Waals surface area (Å²) in [7, 11) is 0. The molecule has 102 valence electrons. The lowest BCUT2D eigenvalue weighted by molar-refractivity contribution is -0.384. The van der Waals surface area contributed by atoms with Gasteiger partial charge in [0.1, 0.15) is 0 Å². The van der Waals surface area contributed by atoms with Crippen LogP contribution in [0.25, 0.3) is 0 Å². The molecule has 2 aromatic rings. The molecule has 2 rings (SSSR count). The molecule has 0 amide bonds. The van der Waals surface area contributed by atoms with Gasteiger partial charge in [0, 0.05) is 6.07 Å². The van der Waals surface area contributed by atoms with Crippen molar-refractivity contribution in [3.8, 4) is 11.6 Å². The molecule has 0 aliphatic rings. The monoisotopic (exact) mass is 295 g/mol. The fourth-order valence-corrected chi connectivity index (χ4v) is 1.43. The fourth-order valence-electron chi connectivity index (χ4n) is 1.28. The van der Waals surface area contributed by atoms with Crippen molar-refractivity contribution in [2.24, 2.45) is 0 Å². The van der Waals surface area contributed by atoms with Crippen LogP contribution in [0.5, 0.6) is 11.6 Å². The summed E-state index contributed by atoms with van der Waals surface area (Å²) in [6, 6.07) is 3.68. The number of hydrogen-bond donors (Lipinski definition) is 1. The molecule has 0 radical (unpaired) electrons. The van der Waals surface area contributed by atoms with Crippen molar-refractivity contribution in [2.45, 2.75) is 0 Å². The average molecular weight is 296 g/mol. The number of rotatable bonds is 4. The standard InChI is InChI=1S/C11H6ClN3O5/c12-7-2-1-6(15(18)19)3-9(7)20-10-5-13-8(4-14-10)11(16)17/h1-5H,(H,16,17). The van der Waals surface area contributed by atoms with Gasteiger partial charge in [-0.25, -0.2) is 14.8 Å². The second-order valence-corrected chi connectivity index (χ2v) is 3.93. The summed E-state index contributed by atoms with van der Waals surface area (Å²) in [6.07, 6.45) is 2.08. The van der Waals surface area contributed by atoms with Gasteiger partial charge in [-0.1, -0.05) is 11.6 Å². The van der Waals surface area contributed by atoms with Crippen molar-refractivity contribution in [1.29, 1.82) is 0 Å². The number of nitrogens with zero attached hydrogens (tertiary/aromatic N) is 3. The minimum Gasteiger partial charge on any atom is -0.476 e. The molecule has 1 N–H and O–H groups in total. The van der Waals surface area contributed by atoms with E-state index in [1.807, 2.05) is 0 Å². The minimum absolute atomic E-state index is 0.0261. The summed E-state index contributed by atoms with van der Waals surface area (Å²) in [6.45, 7) is 0. The lowest BCUT2D eigenvalue weighted by Crippen LogP contribution is -2.01. The van der Waals surface area contributed by atoms with Gasteiger partial charge in [-0.3, -0.25) is 10.1 Å². The molecule has 0 aliphatic heterocycles. The summed E-state index contributed by atoms with van der Waals surface area (Å²) in [4.78, 5) is 28.0. The van der Waals surface area contributed by atoms with E-state index < -0.39 is 10.9 Å². The number of benzene rings is 1. The van der Waals surface area contributed by atoms with E-state index in [1.54, 1.807) is 0 Å². The number of nitro benzene ring substituents is 1.